The van der Waals surface area contributed by atoms with Gasteiger partial charge in [-0.25, -0.2) is 0 Å². The Morgan fingerprint density at radius 2 is 2.00 bits per heavy atom. The Hall–Kier alpha value is -2.46. The van der Waals surface area contributed by atoms with Crippen LogP contribution in [-0.2, 0) is 16.0 Å². The number of nitrogens with zero attached hydrogens (tertiary/aromatic N) is 2. The van der Waals surface area contributed by atoms with E-state index >= 15 is 0 Å². The first-order chi connectivity index (χ1) is 13.3. The zero-order valence-electron chi connectivity index (χ0n) is 14.8. The van der Waals surface area contributed by atoms with Gasteiger partial charge in [0.1, 0.15) is 16.7 Å². The summed E-state index contributed by atoms with van der Waals surface area (Å²) in [5.41, 5.74) is 7.48. The fourth-order valence-corrected chi connectivity index (χ4v) is 4.52. The Balaban J connectivity index is 2.04. The number of hydrogen-bond donors (Lipinski definition) is 1. The van der Waals surface area contributed by atoms with Crippen molar-refractivity contribution in [1.29, 1.82) is 5.26 Å². The molecule has 1 fully saturated rings. The summed E-state index contributed by atoms with van der Waals surface area (Å²) in [4.78, 5) is 26.3. The summed E-state index contributed by atoms with van der Waals surface area (Å²) in [6.07, 6.45) is 0.365. The normalized spacial score (nSPS) is 18.1. The van der Waals surface area contributed by atoms with E-state index in [0.717, 1.165) is 22.9 Å². The van der Waals surface area contributed by atoms with Gasteiger partial charge in [-0.05, 0) is 48.7 Å². The molecule has 1 atom stereocenters. The zero-order chi connectivity index (χ0) is 20.4. The molecule has 2 amide bonds. The molecule has 0 aliphatic carbocycles. The molecule has 1 aliphatic heterocycles. The van der Waals surface area contributed by atoms with Crippen molar-refractivity contribution in [2.24, 2.45) is 5.73 Å². The molecule has 1 heterocycles. The number of amides is 2. The van der Waals surface area contributed by atoms with Gasteiger partial charge in [0.05, 0.1) is 15.3 Å². The van der Waals surface area contributed by atoms with Crippen LogP contribution < -0.4 is 10.6 Å². The smallest absolute Gasteiger partial charge is 0.262 e. The quantitative estimate of drug-likeness (QED) is 0.579. The van der Waals surface area contributed by atoms with Crippen LogP contribution in [0.1, 0.15) is 11.1 Å². The number of thioether (sulfide) groups is 1. The maximum absolute atomic E-state index is 13.2. The van der Waals surface area contributed by atoms with Gasteiger partial charge in [0, 0.05) is 5.69 Å². The van der Waals surface area contributed by atoms with Gasteiger partial charge in [0.25, 0.3) is 5.91 Å². The number of rotatable bonds is 4. The highest BCUT2D eigenvalue weighted by Crippen LogP contribution is 2.42. The number of benzene rings is 2. The number of halogens is 2. The van der Waals surface area contributed by atoms with Crippen LogP contribution in [0.3, 0.4) is 0 Å². The summed E-state index contributed by atoms with van der Waals surface area (Å²) in [6.45, 7) is 1.90. The first-order valence-electron chi connectivity index (χ1n) is 8.27. The number of nitriles is 1. The molecule has 5 nitrogen and oxygen atoms in total. The van der Waals surface area contributed by atoms with Crippen LogP contribution in [0.2, 0.25) is 10.0 Å². The van der Waals surface area contributed by atoms with Gasteiger partial charge in [-0.2, -0.15) is 5.26 Å². The van der Waals surface area contributed by atoms with Gasteiger partial charge >= 0.3 is 0 Å². The molecule has 8 heteroatoms. The number of anilines is 1. The lowest BCUT2D eigenvalue weighted by molar-refractivity contribution is -0.117. The van der Waals surface area contributed by atoms with Crippen molar-refractivity contribution in [2.45, 2.75) is 18.6 Å². The number of primary amides is 1. The van der Waals surface area contributed by atoms with E-state index in [1.165, 1.54) is 4.90 Å². The highest BCUT2D eigenvalue weighted by Gasteiger charge is 2.40. The van der Waals surface area contributed by atoms with Gasteiger partial charge in [-0.1, -0.05) is 53.2 Å². The highest BCUT2D eigenvalue weighted by molar-refractivity contribution is 8.05. The van der Waals surface area contributed by atoms with Crippen LogP contribution in [0, 0.1) is 18.3 Å². The maximum Gasteiger partial charge on any atom is 0.262 e. The minimum absolute atomic E-state index is 0.231. The molecule has 142 valence electrons. The average molecular weight is 432 g/mol. The third-order valence-corrected chi connectivity index (χ3v) is 6.19. The van der Waals surface area contributed by atoms with Gasteiger partial charge in [0.2, 0.25) is 5.91 Å². The van der Waals surface area contributed by atoms with E-state index in [4.69, 9.17) is 28.9 Å². The first kappa shape index (κ1) is 20.3. The van der Waals surface area contributed by atoms with E-state index in [1.807, 2.05) is 31.2 Å². The van der Waals surface area contributed by atoms with E-state index in [1.54, 1.807) is 24.3 Å². The number of nitrogens with two attached hydrogens (primary N) is 1. The number of carbonyl (C=O) groups is 2. The Morgan fingerprint density at radius 3 is 2.61 bits per heavy atom. The van der Waals surface area contributed by atoms with Gasteiger partial charge < -0.3 is 5.73 Å². The summed E-state index contributed by atoms with van der Waals surface area (Å²) < 4.78 is 0. The van der Waals surface area contributed by atoms with Crippen molar-refractivity contribution in [2.75, 3.05) is 4.90 Å². The minimum atomic E-state index is -0.870. The largest absolute Gasteiger partial charge is 0.365 e. The molecule has 1 aliphatic rings. The molecule has 0 bridgehead atoms. The Morgan fingerprint density at radius 1 is 1.25 bits per heavy atom. The first-order valence-corrected chi connectivity index (χ1v) is 9.90. The van der Waals surface area contributed by atoms with E-state index in [-0.39, 0.29) is 16.5 Å². The molecule has 2 aromatic carbocycles. The van der Waals surface area contributed by atoms with E-state index < -0.39 is 11.2 Å². The minimum Gasteiger partial charge on any atom is -0.365 e. The number of hydrogen-bond acceptors (Lipinski definition) is 4. The molecule has 0 aromatic heterocycles. The Bertz CT molecular complexity index is 1050. The SMILES string of the molecule is Cc1cccc(N2C(=O)C(Cc3ccc(Cl)c(Cl)c3)SC2=C(C#N)C(N)=O)c1. The molecule has 0 radical (unpaired) electrons. The molecule has 28 heavy (non-hydrogen) atoms. The summed E-state index contributed by atoms with van der Waals surface area (Å²) in [7, 11) is 0. The third kappa shape index (κ3) is 4.02. The van der Waals surface area contributed by atoms with Gasteiger partial charge in [-0.15, -0.1) is 0 Å². The molecule has 0 spiro atoms. The Labute approximate surface area is 176 Å². The zero-order valence-corrected chi connectivity index (χ0v) is 17.1. The van der Waals surface area contributed by atoms with Crippen LogP contribution in [0.15, 0.2) is 53.1 Å². The number of carbonyl (C=O) groups excluding carboxylic acids is 2. The number of aryl methyl sites for hydroxylation is 1. The predicted molar refractivity (Wildman–Crippen MR) is 112 cm³/mol. The predicted octanol–water partition coefficient (Wildman–Crippen LogP) is 4.21. The van der Waals surface area contributed by atoms with Crippen LogP contribution in [0.25, 0.3) is 0 Å². The van der Waals surface area contributed by atoms with Crippen molar-refractivity contribution in [1.82, 2.24) is 0 Å². The van der Waals surface area contributed by atoms with Gasteiger partial charge in [-0.3, -0.25) is 14.5 Å². The topological polar surface area (TPSA) is 87.2 Å². The maximum atomic E-state index is 13.2. The van der Waals surface area contributed by atoms with Gasteiger partial charge in [0.15, 0.2) is 0 Å². The summed E-state index contributed by atoms with van der Waals surface area (Å²) in [6, 6.07) is 14.3. The van der Waals surface area contributed by atoms with Crippen LogP contribution in [-0.4, -0.2) is 17.1 Å². The standard InChI is InChI=1S/C20H15Cl2N3O2S/c1-11-3-2-4-13(7-11)25-19(27)17(28-20(25)14(10-23)18(24)26)9-12-5-6-15(21)16(22)8-12/h2-8,17H,9H2,1H3,(H2,24,26). The fourth-order valence-electron chi connectivity index (χ4n) is 2.88. The van der Waals surface area contributed by atoms with Crippen molar-refractivity contribution in [3.63, 3.8) is 0 Å². The lowest BCUT2D eigenvalue weighted by Crippen LogP contribution is -2.31. The molecule has 2 N–H and O–H groups in total. The van der Waals surface area contributed by atoms with E-state index in [2.05, 4.69) is 0 Å². The molecule has 2 aromatic rings. The molecule has 1 saturated heterocycles. The van der Waals surface area contributed by atoms with Crippen molar-refractivity contribution >= 4 is 52.5 Å². The molecular formula is C20H15Cl2N3O2S. The van der Waals surface area contributed by atoms with Crippen molar-refractivity contribution in [3.05, 3.63) is 74.2 Å². The average Bonchev–Trinajstić information content (AvgIpc) is 2.94. The fraction of sp³-hybridized carbons (Fsp3) is 0.150. The van der Waals surface area contributed by atoms with Crippen LogP contribution in [0.5, 0.6) is 0 Å². The lowest BCUT2D eigenvalue weighted by atomic mass is 10.1. The van der Waals surface area contributed by atoms with Crippen molar-refractivity contribution in [3.8, 4) is 6.07 Å². The highest BCUT2D eigenvalue weighted by atomic mass is 35.5. The van der Waals surface area contributed by atoms with E-state index in [9.17, 15) is 14.9 Å². The van der Waals surface area contributed by atoms with Crippen molar-refractivity contribution < 1.29 is 9.59 Å². The second-order valence-corrected chi connectivity index (χ2v) is 8.23. The molecule has 1 unspecified atom stereocenters. The lowest BCUT2D eigenvalue weighted by Gasteiger charge is -2.18. The third-order valence-electron chi connectivity index (χ3n) is 4.19. The molecular weight excluding hydrogens is 417 g/mol. The van der Waals surface area contributed by atoms with E-state index in [0.29, 0.717) is 22.2 Å². The second-order valence-electron chi connectivity index (χ2n) is 6.23. The Kier molecular flexibility index (Phi) is 5.99. The summed E-state index contributed by atoms with van der Waals surface area (Å²) in [5, 5.41) is 9.96. The second kappa shape index (κ2) is 8.27. The molecule has 3 rings (SSSR count). The molecule has 0 saturated carbocycles. The van der Waals surface area contributed by atoms with Crippen LogP contribution >= 0.6 is 35.0 Å². The summed E-state index contributed by atoms with van der Waals surface area (Å²) in [5.74, 6) is -1.10. The monoisotopic (exact) mass is 431 g/mol. The summed E-state index contributed by atoms with van der Waals surface area (Å²) >= 11 is 13.2. The van der Waals surface area contributed by atoms with Crippen LogP contribution in [0.4, 0.5) is 5.69 Å².